The van der Waals surface area contributed by atoms with Crippen molar-refractivity contribution in [3.8, 4) is 0 Å². The zero-order valence-electron chi connectivity index (χ0n) is 22.2. The van der Waals surface area contributed by atoms with Crippen LogP contribution in [0.1, 0.15) is 85.5 Å². The number of ether oxygens (including phenoxy) is 1. The van der Waals surface area contributed by atoms with E-state index < -0.39 is 38.5 Å². The largest absolute Gasteiger partial charge is 0.481 e. The molecular weight excluding hydrogens is 488 g/mol. The maximum atomic E-state index is 13.2. The van der Waals surface area contributed by atoms with Crippen LogP contribution in [0.2, 0.25) is 0 Å². The highest BCUT2D eigenvalue weighted by Crippen LogP contribution is 2.55. The van der Waals surface area contributed by atoms with E-state index >= 15 is 0 Å². The Hall–Kier alpha value is -0.640. The van der Waals surface area contributed by atoms with Crippen LogP contribution in [-0.4, -0.2) is 66.4 Å². The van der Waals surface area contributed by atoms with Crippen molar-refractivity contribution in [2.75, 3.05) is 12.5 Å². The number of carboxylic acid groups (broad SMARTS) is 1. The van der Waals surface area contributed by atoms with Gasteiger partial charge in [0, 0.05) is 29.4 Å². The first-order valence-corrected chi connectivity index (χ1v) is 15.7. The summed E-state index contributed by atoms with van der Waals surface area (Å²) in [6, 6.07) is 0. The number of carbonyl (C=O) groups is 2. The second-order valence-electron chi connectivity index (χ2n) is 11.4. The molecule has 9 atom stereocenters. The summed E-state index contributed by atoms with van der Waals surface area (Å²) < 4.78 is 18.7. The Balaban J connectivity index is 2.26. The Morgan fingerprint density at radius 1 is 1.20 bits per heavy atom. The van der Waals surface area contributed by atoms with Gasteiger partial charge in [-0.1, -0.05) is 20.3 Å². The summed E-state index contributed by atoms with van der Waals surface area (Å²) in [6.07, 6.45) is 6.52. The van der Waals surface area contributed by atoms with Crippen molar-refractivity contribution >= 4 is 34.5 Å². The van der Waals surface area contributed by atoms with Crippen LogP contribution < -0.4 is 0 Å². The van der Waals surface area contributed by atoms with Gasteiger partial charge in [-0.15, -0.1) is 11.8 Å². The summed E-state index contributed by atoms with van der Waals surface area (Å²) in [6.45, 7) is 7.99. The van der Waals surface area contributed by atoms with E-state index in [0.29, 0.717) is 31.1 Å². The number of esters is 1. The van der Waals surface area contributed by atoms with Crippen molar-refractivity contribution < 1.29 is 33.9 Å². The quantitative estimate of drug-likeness (QED) is 0.318. The lowest BCUT2D eigenvalue weighted by Crippen LogP contribution is -2.54. The zero-order chi connectivity index (χ0) is 26.6. The maximum absolute atomic E-state index is 13.2. The predicted molar refractivity (Wildman–Crippen MR) is 140 cm³/mol. The van der Waals surface area contributed by atoms with Crippen LogP contribution in [0, 0.1) is 29.1 Å². The van der Waals surface area contributed by atoms with E-state index in [9.17, 15) is 24.0 Å². The number of hydrogen-bond donors (Lipinski definition) is 3. The third-order valence-corrected chi connectivity index (χ3v) is 12.3. The average Bonchev–Trinajstić information content (AvgIpc) is 2.77. The molecule has 0 saturated heterocycles. The van der Waals surface area contributed by atoms with Crippen molar-refractivity contribution in [2.45, 2.75) is 108 Å². The Labute approximate surface area is 217 Å². The Morgan fingerprint density at radius 2 is 1.86 bits per heavy atom. The van der Waals surface area contributed by atoms with Crippen LogP contribution in [0.3, 0.4) is 0 Å². The fourth-order valence-electron chi connectivity index (χ4n) is 6.01. The van der Waals surface area contributed by atoms with Crippen molar-refractivity contribution in [2.24, 2.45) is 29.1 Å². The third-order valence-electron chi connectivity index (χ3n) is 8.66. The van der Waals surface area contributed by atoms with E-state index in [-0.39, 0.29) is 36.8 Å². The van der Waals surface area contributed by atoms with Gasteiger partial charge in [0.2, 0.25) is 0 Å². The fourth-order valence-corrected chi connectivity index (χ4v) is 8.51. The number of aliphatic hydroxyl groups is 2. The van der Waals surface area contributed by atoms with Gasteiger partial charge in [0.25, 0.3) is 0 Å². The molecule has 9 heteroatoms. The van der Waals surface area contributed by atoms with Crippen molar-refractivity contribution in [3.05, 3.63) is 0 Å². The molecular formula is C26H46O7S2. The molecule has 204 valence electrons. The Morgan fingerprint density at radius 3 is 2.40 bits per heavy atom. The molecule has 2 saturated carbocycles. The van der Waals surface area contributed by atoms with Crippen molar-refractivity contribution in [3.63, 3.8) is 0 Å². The third kappa shape index (κ3) is 7.68. The zero-order valence-corrected chi connectivity index (χ0v) is 23.8. The van der Waals surface area contributed by atoms with Gasteiger partial charge in [0.05, 0.1) is 28.1 Å². The molecule has 7 nitrogen and oxygen atoms in total. The first-order chi connectivity index (χ1) is 16.3. The summed E-state index contributed by atoms with van der Waals surface area (Å²) in [5.74, 6) is -0.250. The van der Waals surface area contributed by atoms with E-state index in [1.807, 2.05) is 27.0 Å². The number of hydrogen-bond acceptors (Lipinski definition) is 7. The number of aliphatic hydroxyl groups excluding tert-OH is 2. The summed E-state index contributed by atoms with van der Waals surface area (Å²) >= 11 is 1.63. The molecule has 2 aliphatic carbocycles. The molecule has 0 aromatic heterocycles. The number of rotatable bonds is 12. The number of aliphatic carboxylic acids is 1. The lowest BCUT2D eigenvalue weighted by atomic mass is 9.59. The number of fused-ring (bicyclic) bond motifs is 1. The van der Waals surface area contributed by atoms with Gasteiger partial charge in [0.1, 0.15) is 6.10 Å². The lowest BCUT2D eigenvalue weighted by Gasteiger charge is -2.53. The number of carboxylic acids is 1. The number of thioether (sulfide) groups is 1. The molecule has 0 amide bonds. The molecule has 2 aliphatic rings. The van der Waals surface area contributed by atoms with Crippen LogP contribution in [0.4, 0.5) is 0 Å². The van der Waals surface area contributed by atoms with Crippen LogP contribution in [0.15, 0.2) is 0 Å². The SMILES string of the molecule is CCC(C)(C)C(=O)O[C@H]1CC(SC)(S(C)=O)C[C@@H]2CC[C@H](C)[C@H](CC[C@@H](O)C[C@H](O)CC(=O)O)[C@H]21. The fraction of sp³-hybridized carbons (Fsp3) is 0.923. The molecule has 0 bridgehead atoms. The van der Waals surface area contributed by atoms with Crippen molar-refractivity contribution in [1.82, 2.24) is 0 Å². The molecule has 3 N–H and O–H groups in total. The molecule has 0 heterocycles. The topological polar surface area (TPSA) is 121 Å². The van der Waals surface area contributed by atoms with E-state index in [4.69, 9.17) is 9.84 Å². The molecule has 0 aliphatic heterocycles. The second-order valence-corrected chi connectivity index (χ2v) is 14.6. The predicted octanol–water partition coefficient (Wildman–Crippen LogP) is 4.21. The summed E-state index contributed by atoms with van der Waals surface area (Å²) in [5.41, 5.74) is -0.591. The average molecular weight is 535 g/mol. The molecule has 2 unspecified atom stereocenters. The summed E-state index contributed by atoms with van der Waals surface area (Å²) in [4.78, 5) is 24.0. The van der Waals surface area contributed by atoms with E-state index in [1.54, 1.807) is 18.0 Å². The summed E-state index contributed by atoms with van der Waals surface area (Å²) in [7, 11) is -1.07. The molecule has 2 fully saturated rings. The highest BCUT2D eigenvalue weighted by atomic mass is 32.2. The van der Waals surface area contributed by atoms with Crippen LogP contribution >= 0.6 is 11.8 Å². The Bertz CT molecular complexity index is 758. The lowest BCUT2D eigenvalue weighted by molar-refractivity contribution is -0.171. The van der Waals surface area contributed by atoms with Crippen LogP contribution in [0.25, 0.3) is 0 Å². The van der Waals surface area contributed by atoms with Gasteiger partial charge in [-0.2, -0.15) is 0 Å². The van der Waals surface area contributed by atoms with E-state index in [0.717, 1.165) is 25.7 Å². The summed E-state index contributed by atoms with van der Waals surface area (Å²) in [5, 5.41) is 29.3. The molecule has 0 spiro atoms. The normalized spacial score (nSPS) is 33.9. The van der Waals surface area contributed by atoms with Gasteiger partial charge in [-0.25, -0.2) is 0 Å². The van der Waals surface area contributed by atoms with Crippen LogP contribution in [-0.2, 0) is 25.1 Å². The molecule has 0 radical (unpaired) electrons. The van der Waals surface area contributed by atoms with Crippen LogP contribution in [0.5, 0.6) is 0 Å². The van der Waals surface area contributed by atoms with Gasteiger partial charge >= 0.3 is 11.9 Å². The maximum Gasteiger partial charge on any atom is 0.311 e. The smallest absolute Gasteiger partial charge is 0.311 e. The minimum Gasteiger partial charge on any atom is -0.481 e. The minimum atomic E-state index is -1.08. The first-order valence-electron chi connectivity index (χ1n) is 12.9. The van der Waals surface area contributed by atoms with Gasteiger partial charge in [-0.3, -0.25) is 13.8 Å². The number of carbonyl (C=O) groups excluding carboxylic acids is 1. The van der Waals surface area contributed by atoms with Gasteiger partial charge in [-0.05, 0) is 76.4 Å². The highest BCUT2D eigenvalue weighted by Gasteiger charge is 2.54. The molecule has 0 aromatic carbocycles. The minimum absolute atomic E-state index is 0.0367. The van der Waals surface area contributed by atoms with Gasteiger partial charge < -0.3 is 20.1 Å². The monoisotopic (exact) mass is 534 g/mol. The standard InChI is InChI=1S/C26H46O7S2/c1-7-25(3,4)24(31)33-21-15-26(34-5,35(6)32)14-17-9-8-16(2)20(23(17)21)11-10-18(27)12-19(28)13-22(29)30/h16-21,23,27-28H,7-15H2,1-6H3,(H,29,30)/t16-,17-,18+,19-,20-,21-,23-,26?,35?/m0/s1. The molecule has 0 aromatic rings. The first kappa shape index (κ1) is 30.6. The molecule has 2 rings (SSSR count). The van der Waals surface area contributed by atoms with E-state index in [2.05, 4.69) is 6.92 Å². The van der Waals surface area contributed by atoms with Gasteiger partial charge in [0.15, 0.2) is 0 Å². The Kier molecular flexibility index (Phi) is 11.1. The van der Waals surface area contributed by atoms with Crippen molar-refractivity contribution in [1.29, 1.82) is 0 Å². The second kappa shape index (κ2) is 12.7. The molecule has 35 heavy (non-hydrogen) atoms. The highest BCUT2D eigenvalue weighted by molar-refractivity contribution is 8.11. The van der Waals surface area contributed by atoms with E-state index in [1.165, 1.54) is 0 Å².